The Morgan fingerprint density at radius 3 is 1.33 bits per heavy atom. The van der Waals surface area contributed by atoms with Crippen LogP contribution in [0.1, 0.15) is 89.8 Å². The van der Waals surface area contributed by atoms with Gasteiger partial charge in [0.15, 0.2) is 45.9 Å². The number of hydrogen-bond donors (Lipinski definition) is 0. The minimum Gasteiger partial charge on any atom is -0.476 e. The molecule has 60 heavy (non-hydrogen) atoms. The quantitative estimate of drug-likeness (QED) is 0.0698. The lowest BCUT2D eigenvalue weighted by molar-refractivity contribution is -0.136. The summed E-state index contributed by atoms with van der Waals surface area (Å²) in [6.07, 6.45) is 4.41. The molecular weight excluding hydrogens is 761 g/mol. The summed E-state index contributed by atoms with van der Waals surface area (Å²) in [5.41, 5.74) is 3.59. The number of Topliss-reactive ketones (excluding diaryl/α,β-unsaturated/α-hetero) is 4. The topological polar surface area (TPSA) is 180 Å². The van der Waals surface area contributed by atoms with Crippen molar-refractivity contribution in [2.45, 2.75) is 79.2 Å². The van der Waals surface area contributed by atoms with Crippen molar-refractivity contribution < 1.29 is 33.4 Å². The van der Waals surface area contributed by atoms with Crippen LogP contribution in [0.15, 0.2) is 77.3 Å². The highest BCUT2D eigenvalue weighted by Crippen LogP contribution is 2.39. The Morgan fingerprint density at radius 1 is 0.583 bits per heavy atom. The molecule has 3 aromatic carbocycles. The molecule has 0 spiro atoms. The molecule has 3 aromatic rings. The second kappa shape index (κ2) is 20.5. The molecule has 1 unspecified atom stereocenters. The van der Waals surface area contributed by atoms with Crippen molar-refractivity contribution >= 4 is 40.2 Å². The number of nitriles is 3. The van der Waals surface area contributed by atoms with Gasteiger partial charge in [0.05, 0.1) is 37.9 Å². The average Bonchev–Trinajstić information content (AvgIpc) is 4.08. The summed E-state index contributed by atoms with van der Waals surface area (Å²) in [7, 11) is 0. The fourth-order valence-corrected chi connectivity index (χ4v) is 5.68. The van der Waals surface area contributed by atoms with E-state index in [1.165, 1.54) is 68.4 Å². The summed E-state index contributed by atoms with van der Waals surface area (Å²) in [5, 5.41) is 26.8. The Kier molecular flexibility index (Phi) is 15.4. The lowest BCUT2D eigenvalue weighted by Crippen LogP contribution is -2.35. The number of carbonyl (C=O) groups is 4. The number of ether oxygens (including phenoxy) is 3. The molecule has 300 valence electrons. The third-order valence-electron chi connectivity index (χ3n) is 9.24. The Labute approximate surface area is 349 Å². The number of rotatable bonds is 13. The summed E-state index contributed by atoms with van der Waals surface area (Å²) in [4.78, 5) is 57.3. The van der Waals surface area contributed by atoms with Gasteiger partial charge in [0.25, 0.3) is 0 Å². The van der Waals surface area contributed by atoms with E-state index in [0.717, 1.165) is 49.7 Å². The molecule has 13 nitrogen and oxygen atoms in total. The van der Waals surface area contributed by atoms with Crippen LogP contribution in [0.25, 0.3) is 14.5 Å². The molecule has 13 heteroatoms. The monoisotopic (exact) mass is 800 g/mol. The third-order valence-corrected chi connectivity index (χ3v) is 9.24. The molecule has 0 aromatic heterocycles. The standard InChI is InChI=1S/2C16H14N2O2.C15H12N2O3/c1-10(13-4-5-13)16(11(2)19)20-15-7-12(9-17)6-14(8-15)18-3;1-10(2)16(15(19)12-4-5-12)20-14-7-11(9-17)6-13(8-14)18-3;1-9(18)15(14(19)11-3-4-11)20-13-6-10(8-16)5-12(7-13)17-2/h6-8,13H,4-5H2,1-2H3;6-8,12H,4-5H2,1-2H3;5-7,11,15H,3-4H2,1H3. The molecule has 3 aliphatic carbocycles. The number of ketones is 4. The Morgan fingerprint density at radius 2 is 0.983 bits per heavy atom. The molecule has 6 rings (SSSR count). The summed E-state index contributed by atoms with van der Waals surface area (Å²) < 4.78 is 16.7. The lowest BCUT2D eigenvalue weighted by atomic mass is 10.1. The maximum absolute atomic E-state index is 12.2. The second-order valence-corrected chi connectivity index (χ2v) is 14.6. The first-order valence-corrected chi connectivity index (χ1v) is 18.9. The van der Waals surface area contributed by atoms with Gasteiger partial charge in [-0.1, -0.05) is 0 Å². The number of benzene rings is 3. The highest BCUT2D eigenvalue weighted by Gasteiger charge is 2.38. The van der Waals surface area contributed by atoms with E-state index < -0.39 is 6.10 Å². The van der Waals surface area contributed by atoms with Crippen LogP contribution >= 0.6 is 0 Å². The van der Waals surface area contributed by atoms with E-state index >= 15 is 0 Å². The zero-order chi connectivity index (χ0) is 44.1. The molecule has 0 amide bonds. The normalized spacial score (nSPS) is 14.2. The highest BCUT2D eigenvalue weighted by atomic mass is 16.5. The molecule has 3 fully saturated rings. The van der Waals surface area contributed by atoms with Gasteiger partial charge in [-0.25, -0.2) is 14.5 Å². The fraction of sp³-hybridized carbons (Fsp3) is 0.319. The van der Waals surface area contributed by atoms with E-state index in [-0.39, 0.29) is 52.0 Å². The van der Waals surface area contributed by atoms with Crippen molar-refractivity contribution in [2.24, 2.45) is 17.8 Å². The minimum absolute atomic E-state index is 0.0109. The second-order valence-electron chi connectivity index (χ2n) is 14.6. The van der Waals surface area contributed by atoms with Crippen LogP contribution in [0.4, 0.5) is 17.1 Å². The smallest absolute Gasteiger partial charge is 0.214 e. The Hall–Kier alpha value is -7.84. The third kappa shape index (κ3) is 12.8. The van der Waals surface area contributed by atoms with Crippen molar-refractivity contribution in [1.29, 1.82) is 15.8 Å². The Bertz CT molecular complexity index is 2450. The van der Waals surface area contributed by atoms with Gasteiger partial charge < -0.3 is 14.2 Å². The van der Waals surface area contributed by atoms with Crippen molar-refractivity contribution in [3.05, 3.63) is 128 Å². The molecule has 1 atom stereocenters. The van der Waals surface area contributed by atoms with Gasteiger partial charge in [-0.2, -0.15) is 15.8 Å². The van der Waals surface area contributed by atoms with Crippen molar-refractivity contribution in [2.75, 3.05) is 0 Å². The van der Waals surface area contributed by atoms with Crippen LogP contribution in [0.3, 0.4) is 0 Å². The van der Waals surface area contributed by atoms with Crippen molar-refractivity contribution in [1.82, 2.24) is 0 Å². The Balaban J connectivity index is 0.000000198. The van der Waals surface area contributed by atoms with Crippen molar-refractivity contribution in [3.8, 4) is 35.5 Å². The van der Waals surface area contributed by atoms with Gasteiger partial charge in [0, 0.05) is 35.4 Å². The highest BCUT2D eigenvalue weighted by molar-refractivity contribution is 6.06. The molecule has 0 aliphatic heterocycles. The van der Waals surface area contributed by atoms with Crippen LogP contribution in [0.5, 0.6) is 17.2 Å². The SMILES string of the molecule is [C-]#[N+]c1cc(C#N)cc(OC(C(=O)C2CC2)=C(C)C)c1.[C-]#[N+]c1cc(C#N)cc(OC(C(C)=O)=C(C)C2CC2)c1.[C-]#[N+]c1cc(C#N)cc(OC(C(C)=O)C(=O)C2CC2)c1. The van der Waals surface area contributed by atoms with E-state index in [4.69, 9.17) is 49.7 Å². The summed E-state index contributed by atoms with van der Waals surface area (Å²) in [6, 6.07) is 19.3. The molecule has 0 radical (unpaired) electrons. The maximum Gasteiger partial charge on any atom is 0.214 e. The van der Waals surface area contributed by atoms with Crippen molar-refractivity contribution in [3.63, 3.8) is 0 Å². The fourth-order valence-electron chi connectivity index (χ4n) is 5.68. The summed E-state index contributed by atoms with van der Waals surface area (Å²) >= 11 is 0. The predicted octanol–water partition coefficient (Wildman–Crippen LogP) is 9.95. The van der Waals surface area contributed by atoms with Crippen LogP contribution in [-0.4, -0.2) is 29.2 Å². The lowest BCUT2D eigenvalue weighted by Gasteiger charge is -2.15. The predicted molar refractivity (Wildman–Crippen MR) is 219 cm³/mol. The average molecular weight is 801 g/mol. The number of allylic oxidation sites excluding steroid dienone is 4. The first-order valence-electron chi connectivity index (χ1n) is 18.9. The van der Waals surface area contributed by atoms with Gasteiger partial charge >= 0.3 is 0 Å². The molecule has 0 N–H and O–H groups in total. The number of hydrogen-bond acceptors (Lipinski definition) is 10. The largest absolute Gasteiger partial charge is 0.476 e. The van der Waals surface area contributed by atoms with Gasteiger partial charge in [0.1, 0.15) is 17.2 Å². The van der Waals surface area contributed by atoms with Crippen LogP contribution in [0, 0.1) is 71.5 Å². The number of nitrogens with zero attached hydrogens (tertiary/aromatic N) is 6. The van der Waals surface area contributed by atoms with Gasteiger partial charge in [-0.05, 0) is 138 Å². The van der Waals surface area contributed by atoms with Crippen LogP contribution in [-0.2, 0) is 19.2 Å². The zero-order valence-electron chi connectivity index (χ0n) is 33.8. The van der Waals surface area contributed by atoms with E-state index in [1.54, 1.807) is 0 Å². The van der Waals surface area contributed by atoms with Crippen LogP contribution in [0.2, 0.25) is 0 Å². The van der Waals surface area contributed by atoms with E-state index in [2.05, 4.69) is 14.5 Å². The number of carbonyl (C=O) groups excluding carboxylic acids is 4. The van der Waals surface area contributed by atoms with Crippen LogP contribution < -0.4 is 14.2 Å². The first-order chi connectivity index (χ1) is 28.6. The van der Waals surface area contributed by atoms with Gasteiger partial charge in [0.2, 0.25) is 11.9 Å². The molecule has 3 saturated carbocycles. The maximum atomic E-state index is 12.2. The minimum atomic E-state index is -1.14. The van der Waals surface area contributed by atoms with E-state index in [1.807, 2.05) is 39.0 Å². The summed E-state index contributed by atoms with van der Waals surface area (Å²) in [5.74, 6) is 1.27. The molecule has 0 saturated heterocycles. The van der Waals surface area contributed by atoms with Gasteiger partial charge in [-0.3, -0.25) is 19.2 Å². The van der Waals surface area contributed by atoms with E-state index in [9.17, 15) is 19.2 Å². The molecule has 0 heterocycles. The molecule has 3 aliphatic rings. The summed E-state index contributed by atoms with van der Waals surface area (Å²) in [6.45, 7) is 29.3. The van der Waals surface area contributed by atoms with E-state index in [0.29, 0.717) is 51.4 Å². The van der Waals surface area contributed by atoms with Gasteiger partial charge in [-0.15, -0.1) is 0 Å². The zero-order valence-corrected chi connectivity index (χ0v) is 33.8. The first kappa shape index (κ1) is 44.9. The molecule has 0 bridgehead atoms. The molecular formula is C47H40N6O7.